The van der Waals surface area contributed by atoms with Crippen molar-refractivity contribution in [3.63, 3.8) is 0 Å². The molecule has 0 saturated carbocycles. The van der Waals surface area contributed by atoms with Crippen LogP contribution in [0.1, 0.15) is 25.0 Å². The Kier molecular flexibility index (Phi) is 3.97. The summed E-state index contributed by atoms with van der Waals surface area (Å²) in [5, 5.41) is 0. The molecule has 0 fully saturated rings. The third-order valence-corrected chi connectivity index (χ3v) is 2.12. The van der Waals surface area contributed by atoms with Crippen molar-refractivity contribution in [3.05, 3.63) is 46.0 Å². The Morgan fingerprint density at radius 2 is 1.38 bits per heavy atom. The first-order valence-electron chi connectivity index (χ1n) is 4.32. The van der Waals surface area contributed by atoms with Gasteiger partial charge in [-0.05, 0) is 43.2 Å². The van der Waals surface area contributed by atoms with E-state index in [9.17, 15) is 0 Å². The third kappa shape index (κ3) is 3.19. The number of hydrogen-bond acceptors (Lipinski definition) is 0. The van der Waals surface area contributed by atoms with E-state index in [-0.39, 0.29) is 0 Å². The fraction of sp³-hybridized carbons (Fsp3) is 0.167. The molecule has 0 unspecified atom stereocenters. The summed E-state index contributed by atoms with van der Waals surface area (Å²) in [6.45, 7) is 4.05. The summed E-state index contributed by atoms with van der Waals surface area (Å²) in [6, 6.07) is 6.37. The lowest BCUT2D eigenvalue weighted by molar-refractivity contribution is 1.56. The van der Waals surface area contributed by atoms with E-state index in [4.69, 9.17) is 0 Å². The van der Waals surface area contributed by atoms with Crippen molar-refractivity contribution in [3.8, 4) is 0 Å². The van der Waals surface area contributed by atoms with Crippen molar-refractivity contribution < 1.29 is 0 Å². The van der Waals surface area contributed by atoms with Crippen LogP contribution < -0.4 is 0 Å². The molecule has 0 aliphatic rings. The van der Waals surface area contributed by atoms with Crippen molar-refractivity contribution in [1.29, 1.82) is 0 Å². The molecule has 0 amide bonds. The fourth-order valence-electron chi connectivity index (χ4n) is 1.21. The molecular formula is C12H13Br. The van der Waals surface area contributed by atoms with Gasteiger partial charge < -0.3 is 0 Å². The van der Waals surface area contributed by atoms with Crippen LogP contribution in [0.2, 0.25) is 0 Å². The van der Waals surface area contributed by atoms with E-state index in [1.54, 1.807) is 0 Å². The molecule has 0 radical (unpaired) electrons. The van der Waals surface area contributed by atoms with Crippen molar-refractivity contribution in [2.75, 3.05) is 0 Å². The lowest BCUT2D eigenvalue weighted by Crippen LogP contribution is -1.77. The summed E-state index contributed by atoms with van der Waals surface area (Å²) >= 11 is 3.49. The number of allylic oxidation sites excluding steroid dienone is 2. The van der Waals surface area contributed by atoms with Gasteiger partial charge in [0, 0.05) is 4.47 Å². The average molecular weight is 237 g/mol. The van der Waals surface area contributed by atoms with Gasteiger partial charge in [-0.3, -0.25) is 0 Å². The van der Waals surface area contributed by atoms with Crippen molar-refractivity contribution in [2.24, 2.45) is 0 Å². The van der Waals surface area contributed by atoms with Gasteiger partial charge in [0.25, 0.3) is 0 Å². The van der Waals surface area contributed by atoms with Gasteiger partial charge in [0.15, 0.2) is 0 Å². The highest BCUT2D eigenvalue weighted by molar-refractivity contribution is 9.10. The van der Waals surface area contributed by atoms with Gasteiger partial charge in [0.1, 0.15) is 0 Å². The molecule has 0 nitrogen and oxygen atoms in total. The SMILES string of the molecule is C/C=C/c1cc(Br)cc(/C=C/C)c1. The van der Waals surface area contributed by atoms with Crippen molar-refractivity contribution in [1.82, 2.24) is 0 Å². The molecule has 0 aliphatic heterocycles. The summed E-state index contributed by atoms with van der Waals surface area (Å²) in [6.07, 6.45) is 8.28. The van der Waals surface area contributed by atoms with Gasteiger partial charge >= 0.3 is 0 Å². The van der Waals surface area contributed by atoms with Crippen LogP contribution in [0.15, 0.2) is 34.8 Å². The minimum Gasteiger partial charge on any atom is -0.0871 e. The van der Waals surface area contributed by atoms with E-state index in [0.717, 1.165) is 4.47 Å². The van der Waals surface area contributed by atoms with E-state index >= 15 is 0 Å². The van der Waals surface area contributed by atoms with Gasteiger partial charge in [0.2, 0.25) is 0 Å². The minimum atomic E-state index is 1.12. The Balaban J connectivity index is 3.10. The minimum absolute atomic E-state index is 1.12. The zero-order valence-corrected chi connectivity index (χ0v) is 9.51. The maximum absolute atomic E-state index is 3.49. The van der Waals surface area contributed by atoms with E-state index in [1.165, 1.54) is 11.1 Å². The van der Waals surface area contributed by atoms with Gasteiger partial charge in [-0.2, -0.15) is 0 Å². The first-order valence-corrected chi connectivity index (χ1v) is 5.11. The molecular weight excluding hydrogens is 224 g/mol. The zero-order chi connectivity index (χ0) is 9.68. The smallest absolute Gasteiger partial charge is 0.0187 e. The lowest BCUT2D eigenvalue weighted by Gasteiger charge is -1.98. The molecule has 0 heterocycles. The van der Waals surface area contributed by atoms with Gasteiger partial charge in [-0.1, -0.05) is 40.2 Å². The van der Waals surface area contributed by atoms with Crippen LogP contribution in [-0.2, 0) is 0 Å². The quantitative estimate of drug-likeness (QED) is 0.709. The van der Waals surface area contributed by atoms with E-state index < -0.39 is 0 Å². The predicted octanol–water partition coefficient (Wildman–Crippen LogP) is 4.52. The Morgan fingerprint density at radius 3 is 1.77 bits per heavy atom. The Labute approximate surface area is 88.1 Å². The summed E-state index contributed by atoms with van der Waals surface area (Å²) in [5.41, 5.74) is 2.45. The zero-order valence-electron chi connectivity index (χ0n) is 7.92. The molecule has 68 valence electrons. The summed E-state index contributed by atoms with van der Waals surface area (Å²) in [7, 11) is 0. The molecule has 0 spiro atoms. The monoisotopic (exact) mass is 236 g/mol. The average Bonchev–Trinajstić information content (AvgIpc) is 2.04. The van der Waals surface area contributed by atoms with Crippen LogP contribution in [0.3, 0.4) is 0 Å². The first-order chi connectivity index (χ1) is 6.26. The van der Waals surface area contributed by atoms with Crippen LogP contribution in [-0.4, -0.2) is 0 Å². The van der Waals surface area contributed by atoms with E-state index in [0.29, 0.717) is 0 Å². The standard InChI is InChI=1S/C12H13Br/c1-3-5-10-7-11(6-4-2)9-12(13)8-10/h3-9H,1-2H3/b5-3+,6-4+. The van der Waals surface area contributed by atoms with E-state index in [1.807, 2.05) is 26.0 Å². The highest BCUT2D eigenvalue weighted by Crippen LogP contribution is 2.17. The molecule has 0 bridgehead atoms. The fourth-order valence-corrected chi connectivity index (χ4v) is 1.74. The largest absolute Gasteiger partial charge is 0.0871 e. The van der Waals surface area contributed by atoms with E-state index in [2.05, 4.69) is 46.3 Å². The highest BCUT2D eigenvalue weighted by Gasteiger charge is 1.93. The normalized spacial score (nSPS) is 11.6. The molecule has 0 saturated heterocycles. The predicted molar refractivity (Wildman–Crippen MR) is 63.6 cm³/mol. The van der Waals surface area contributed by atoms with Crippen LogP contribution in [0.25, 0.3) is 12.2 Å². The van der Waals surface area contributed by atoms with Gasteiger partial charge in [0.05, 0.1) is 0 Å². The molecule has 0 aliphatic carbocycles. The molecule has 13 heavy (non-hydrogen) atoms. The third-order valence-electron chi connectivity index (χ3n) is 1.66. The Hall–Kier alpha value is -0.820. The van der Waals surface area contributed by atoms with Gasteiger partial charge in [-0.25, -0.2) is 0 Å². The maximum Gasteiger partial charge on any atom is 0.0187 e. The Morgan fingerprint density at radius 1 is 0.923 bits per heavy atom. The second-order valence-corrected chi connectivity index (χ2v) is 3.73. The maximum atomic E-state index is 3.49. The van der Waals surface area contributed by atoms with Crippen LogP contribution in [0, 0.1) is 0 Å². The van der Waals surface area contributed by atoms with Crippen LogP contribution >= 0.6 is 15.9 Å². The number of benzene rings is 1. The topological polar surface area (TPSA) is 0 Å². The summed E-state index contributed by atoms with van der Waals surface area (Å²) in [4.78, 5) is 0. The summed E-state index contributed by atoms with van der Waals surface area (Å²) in [5.74, 6) is 0. The number of halogens is 1. The summed E-state index contributed by atoms with van der Waals surface area (Å²) < 4.78 is 1.12. The highest BCUT2D eigenvalue weighted by atomic mass is 79.9. The number of rotatable bonds is 2. The molecule has 0 atom stereocenters. The van der Waals surface area contributed by atoms with Crippen molar-refractivity contribution >= 4 is 28.1 Å². The number of hydrogen-bond donors (Lipinski definition) is 0. The van der Waals surface area contributed by atoms with Crippen molar-refractivity contribution in [2.45, 2.75) is 13.8 Å². The lowest BCUT2D eigenvalue weighted by atomic mass is 10.1. The molecule has 1 rings (SSSR count). The molecule has 1 aromatic rings. The Bertz CT molecular complexity index is 305. The van der Waals surface area contributed by atoms with Crippen LogP contribution in [0.4, 0.5) is 0 Å². The second kappa shape index (κ2) is 5.03. The molecule has 0 N–H and O–H groups in total. The van der Waals surface area contributed by atoms with Crippen LogP contribution in [0.5, 0.6) is 0 Å². The molecule has 1 aromatic carbocycles. The van der Waals surface area contributed by atoms with Gasteiger partial charge in [-0.15, -0.1) is 0 Å². The first kappa shape index (κ1) is 10.3. The molecule has 1 heteroatoms. The second-order valence-electron chi connectivity index (χ2n) is 2.82. The molecule has 0 aromatic heterocycles.